The Morgan fingerprint density at radius 2 is 0.833 bits per heavy atom. The van der Waals surface area contributed by atoms with Crippen molar-refractivity contribution in [3.05, 3.63) is 0 Å². The lowest BCUT2D eigenvalue weighted by atomic mass is 10.2. The molecule has 0 heterocycles. The van der Waals surface area contributed by atoms with E-state index in [0.717, 1.165) is 0 Å². The van der Waals surface area contributed by atoms with Gasteiger partial charge in [-0.05, 0) is 0 Å². The fraction of sp³-hybridized carbons (Fsp3) is 0.800. The summed E-state index contributed by atoms with van der Waals surface area (Å²) in [5, 5.41) is 0. The molecule has 0 atom stereocenters. The number of hydrogen-bond donors (Lipinski definition) is 0. The summed E-state index contributed by atoms with van der Waals surface area (Å²) in [6.07, 6.45) is -12.4. The molecule has 0 bridgehead atoms. The van der Waals surface area contributed by atoms with E-state index in [1.54, 1.807) is 0 Å². The standard InChI is InChI=1S/C10H10F10N2O2/c1-21(5(23)7(11,12)9(15,16)17)3-4-22(2)6(24)8(13,14)10(18,19)20/h3-4H2,1-2H3. The van der Waals surface area contributed by atoms with Gasteiger partial charge in [0.2, 0.25) is 0 Å². The SMILES string of the molecule is CN(CCN(C)C(=O)C(F)(F)C(F)(F)F)C(=O)C(F)(F)C(F)(F)F. The highest BCUT2D eigenvalue weighted by Crippen LogP contribution is 2.37. The van der Waals surface area contributed by atoms with Crippen molar-refractivity contribution in [2.75, 3.05) is 27.2 Å². The molecule has 14 heteroatoms. The number of carbonyl (C=O) groups is 2. The maximum atomic E-state index is 12.7. The molecule has 2 amide bonds. The van der Waals surface area contributed by atoms with E-state index >= 15 is 0 Å². The highest BCUT2D eigenvalue weighted by Gasteiger charge is 2.65. The first-order valence-electron chi connectivity index (χ1n) is 5.77. The molecule has 24 heavy (non-hydrogen) atoms. The van der Waals surface area contributed by atoms with Crippen LogP contribution in [-0.2, 0) is 9.59 Å². The fourth-order valence-corrected chi connectivity index (χ4v) is 1.23. The second kappa shape index (κ2) is 6.63. The molecule has 0 N–H and O–H groups in total. The highest BCUT2D eigenvalue weighted by molar-refractivity contribution is 5.85. The van der Waals surface area contributed by atoms with Gasteiger partial charge in [-0.1, -0.05) is 0 Å². The molecule has 0 aliphatic heterocycles. The van der Waals surface area contributed by atoms with Crippen molar-refractivity contribution in [1.82, 2.24) is 9.80 Å². The predicted molar refractivity (Wildman–Crippen MR) is 57.3 cm³/mol. The van der Waals surface area contributed by atoms with Gasteiger partial charge in [0.15, 0.2) is 0 Å². The van der Waals surface area contributed by atoms with E-state index in [4.69, 9.17) is 0 Å². The van der Waals surface area contributed by atoms with Gasteiger partial charge in [-0.2, -0.15) is 43.9 Å². The lowest BCUT2D eigenvalue weighted by Crippen LogP contribution is -2.54. The first-order valence-corrected chi connectivity index (χ1v) is 5.77. The summed E-state index contributed by atoms with van der Waals surface area (Å²) in [6.45, 7) is -2.28. The maximum Gasteiger partial charge on any atom is 0.463 e. The van der Waals surface area contributed by atoms with Crippen LogP contribution in [0.25, 0.3) is 0 Å². The average Bonchev–Trinajstić information content (AvgIpc) is 2.39. The lowest BCUT2D eigenvalue weighted by molar-refractivity contribution is -0.275. The number of carbonyl (C=O) groups excluding carboxylic acids is 2. The van der Waals surface area contributed by atoms with Crippen LogP contribution in [-0.4, -0.2) is 73.0 Å². The van der Waals surface area contributed by atoms with Crippen LogP contribution in [0, 0.1) is 0 Å². The highest BCUT2D eigenvalue weighted by atomic mass is 19.4. The second-order valence-electron chi connectivity index (χ2n) is 4.60. The quantitative estimate of drug-likeness (QED) is 0.687. The van der Waals surface area contributed by atoms with Crippen molar-refractivity contribution in [2.24, 2.45) is 0 Å². The largest absolute Gasteiger partial charge is 0.463 e. The Labute approximate surface area is 128 Å². The molecule has 0 spiro atoms. The van der Waals surface area contributed by atoms with Crippen LogP contribution in [0.4, 0.5) is 43.9 Å². The molecular formula is C10H10F10N2O2. The van der Waals surface area contributed by atoms with E-state index in [-0.39, 0.29) is 9.80 Å². The van der Waals surface area contributed by atoms with E-state index in [9.17, 15) is 53.5 Å². The molecule has 4 nitrogen and oxygen atoms in total. The molecule has 0 aromatic heterocycles. The lowest BCUT2D eigenvalue weighted by Gasteiger charge is -2.28. The van der Waals surface area contributed by atoms with Crippen LogP contribution in [0.5, 0.6) is 0 Å². The normalized spacial score (nSPS) is 13.7. The molecule has 0 radical (unpaired) electrons. The van der Waals surface area contributed by atoms with Gasteiger partial charge in [-0.15, -0.1) is 0 Å². The van der Waals surface area contributed by atoms with E-state index in [1.165, 1.54) is 0 Å². The summed E-state index contributed by atoms with van der Waals surface area (Å²) in [4.78, 5) is 21.5. The van der Waals surface area contributed by atoms with Gasteiger partial charge < -0.3 is 9.80 Å². The van der Waals surface area contributed by atoms with Gasteiger partial charge in [0.05, 0.1) is 0 Å². The van der Waals surface area contributed by atoms with Crippen LogP contribution in [0.2, 0.25) is 0 Å². The molecule has 0 unspecified atom stereocenters. The molecule has 0 saturated heterocycles. The Hall–Kier alpha value is -1.76. The van der Waals surface area contributed by atoms with Crippen LogP contribution in [0.15, 0.2) is 0 Å². The third kappa shape index (κ3) is 4.41. The topological polar surface area (TPSA) is 40.6 Å². The summed E-state index contributed by atoms with van der Waals surface area (Å²) >= 11 is 0. The Bertz CT molecular complexity index is 441. The number of amides is 2. The number of alkyl halides is 10. The van der Waals surface area contributed by atoms with Crippen LogP contribution < -0.4 is 0 Å². The Kier molecular flexibility index (Phi) is 6.14. The van der Waals surface area contributed by atoms with E-state index < -0.39 is 49.1 Å². The van der Waals surface area contributed by atoms with Gasteiger partial charge >= 0.3 is 36.0 Å². The molecule has 0 aliphatic rings. The summed E-state index contributed by atoms with van der Waals surface area (Å²) in [5.74, 6) is -17.1. The predicted octanol–water partition coefficient (Wildman–Crippen LogP) is 2.30. The summed E-state index contributed by atoms with van der Waals surface area (Å²) < 4.78 is 123. The molecule has 0 aromatic rings. The van der Waals surface area contributed by atoms with Crippen molar-refractivity contribution in [3.8, 4) is 0 Å². The number of rotatable bonds is 5. The van der Waals surface area contributed by atoms with Crippen molar-refractivity contribution < 1.29 is 53.5 Å². The third-order valence-electron chi connectivity index (χ3n) is 2.71. The molecule has 0 saturated carbocycles. The second-order valence-corrected chi connectivity index (χ2v) is 4.60. The minimum absolute atomic E-state index is 0.247. The van der Waals surface area contributed by atoms with Crippen molar-refractivity contribution >= 4 is 11.8 Å². The Balaban J connectivity index is 4.92. The zero-order chi connectivity index (χ0) is 19.7. The minimum Gasteiger partial charge on any atom is -0.338 e. The number of nitrogens with zero attached hydrogens (tertiary/aromatic N) is 2. The van der Waals surface area contributed by atoms with Crippen LogP contribution >= 0.6 is 0 Å². The minimum atomic E-state index is -6.22. The zero-order valence-corrected chi connectivity index (χ0v) is 11.9. The van der Waals surface area contributed by atoms with Crippen LogP contribution in [0.1, 0.15) is 0 Å². The number of hydrogen-bond acceptors (Lipinski definition) is 2. The fourth-order valence-electron chi connectivity index (χ4n) is 1.23. The smallest absolute Gasteiger partial charge is 0.338 e. The zero-order valence-electron chi connectivity index (χ0n) is 11.9. The van der Waals surface area contributed by atoms with E-state index in [1.807, 2.05) is 0 Å². The third-order valence-corrected chi connectivity index (χ3v) is 2.71. The summed E-state index contributed by atoms with van der Waals surface area (Å²) in [5.41, 5.74) is 0. The molecule has 142 valence electrons. The molecular weight excluding hydrogens is 370 g/mol. The number of halogens is 10. The summed E-state index contributed by atoms with van der Waals surface area (Å²) in [6, 6.07) is 0. The average molecular weight is 380 g/mol. The van der Waals surface area contributed by atoms with Crippen molar-refractivity contribution in [3.63, 3.8) is 0 Å². The molecule has 0 fully saturated rings. The molecule has 0 rings (SSSR count). The number of likely N-dealkylation sites (N-methyl/N-ethyl adjacent to an activating group) is 2. The van der Waals surface area contributed by atoms with Crippen molar-refractivity contribution in [1.29, 1.82) is 0 Å². The first kappa shape index (κ1) is 22.2. The van der Waals surface area contributed by atoms with E-state index in [2.05, 4.69) is 0 Å². The van der Waals surface area contributed by atoms with Gasteiger partial charge in [-0.3, -0.25) is 9.59 Å². The Morgan fingerprint density at radius 1 is 0.625 bits per heavy atom. The molecule has 0 aliphatic carbocycles. The Morgan fingerprint density at radius 3 is 1.00 bits per heavy atom. The summed E-state index contributed by atoms with van der Waals surface area (Å²) in [7, 11) is 0.865. The monoisotopic (exact) mass is 380 g/mol. The van der Waals surface area contributed by atoms with Gasteiger partial charge in [0.1, 0.15) is 0 Å². The van der Waals surface area contributed by atoms with Gasteiger partial charge in [0.25, 0.3) is 0 Å². The van der Waals surface area contributed by atoms with Gasteiger partial charge in [-0.25, -0.2) is 0 Å². The molecule has 0 aromatic carbocycles. The van der Waals surface area contributed by atoms with Gasteiger partial charge in [0, 0.05) is 27.2 Å². The van der Waals surface area contributed by atoms with Crippen LogP contribution in [0.3, 0.4) is 0 Å². The maximum absolute atomic E-state index is 12.7. The first-order chi connectivity index (χ1) is 10.4. The van der Waals surface area contributed by atoms with Crippen molar-refractivity contribution in [2.45, 2.75) is 24.2 Å². The van der Waals surface area contributed by atoms with E-state index in [0.29, 0.717) is 14.1 Å².